The number of aromatic carboxylic acids is 1. The first-order chi connectivity index (χ1) is 9.38. The van der Waals surface area contributed by atoms with Gasteiger partial charge in [-0.05, 0) is 25.1 Å². The van der Waals surface area contributed by atoms with Crippen LogP contribution in [0, 0.1) is 0 Å². The number of carbonyl (C=O) groups is 2. The van der Waals surface area contributed by atoms with Crippen LogP contribution in [-0.2, 0) is 4.79 Å². The van der Waals surface area contributed by atoms with E-state index in [0.717, 1.165) is 6.07 Å². The van der Waals surface area contributed by atoms with Gasteiger partial charge in [0.05, 0.1) is 11.5 Å². The number of esters is 1. The Hall–Kier alpha value is -2.89. The second-order valence-corrected chi connectivity index (χ2v) is 4.10. The zero-order chi connectivity index (χ0) is 14.9. The van der Waals surface area contributed by atoms with Gasteiger partial charge in [-0.3, -0.25) is 0 Å². The van der Waals surface area contributed by atoms with Gasteiger partial charge in [-0.2, -0.15) is 0 Å². The summed E-state index contributed by atoms with van der Waals surface area (Å²) in [7, 11) is 0. The van der Waals surface area contributed by atoms with Crippen LogP contribution >= 0.6 is 0 Å². The number of hydrogen-bond donors (Lipinski definition) is 0. The van der Waals surface area contributed by atoms with Crippen molar-refractivity contribution in [1.29, 1.82) is 0 Å². The van der Waals surface area contributed by atoms with Crippen molar-refractivity contribution in [3.8, 4) is 5.75 Å². The maximum absolute atomic E-state index is 11.4. The van der Waals surface area contributed by atoms with E-state index in [-0.39, 0.29) is 16.9 Å². The molecule has 0 aliphatic carbocycles. The van der Waals surface area contributed by atoms with Crippen molar-refractivity contribution in [3.63, 3.8) is 0 Å². The van der Waals surface area contributed by atoms with Crippen molar-refractivity contribution < 1.29 is 23.8 Å². The van der Waals surface area contributed by atoms with Gasteiger partial charge >= 0.3 is 11.6 Å². The molecule has 0 amide bonds. The van der Waals surface area contributed by atoms with E-state index in [1.54, 1.807) is 0 Å². The highest BCUT2D eigenvalue weighted by atomic mass is 16.5. The lowest BCUT2D eigenvalue weighted by Crippen LogP contribution is -2.28. The quantitative estimate of drug-likeness (QED) is 0.352. The SMILES string of the molecule is C=C(C)C(=O)Oc1ccc2cc(C(=O)[O-])c(=O)oc2c1. The molecule has 0 radical (unpaired) electrons. The fraction of sp³-hybridized carbons (Fsp3) is 0.0714. The Morgan fingerprint density at radius 3 is 2.60 bits per heavy atom. The molecule has 0 unspecified atom stereocenters. The summed E-state index contributed by atoms with van der Waals surface area (Å²) >= 11 is 0. The molecule has 0 spiro atoms. The number of hydrogen-bond acceptors (Lipinski definition) is 6. The highest BCUT2D eigenvalue weighted by Crippen LogP contribution is 2.21. The fourth-order valence-electron chi connectivity index (χ4n) is 1.49. The molecule has 1 aromatic heterocycles. The van der Waals surface area contributed by atoms with Crippen LogP contribution in [0.4, 0.5) is 0 Å². The first kappa shape index (κ1) is 13.5. The fourth-order valence-corrected chi connectivity index (χ4v) is 1.49. The molecule has 6 nitrogen and oxygen atoms in total. The van der Waals surface area contributed by atoms with Crippen LogP contribution in [0.3, 0.4) is 0 Å². The molecule has 0 aliphatic rings. The van der Waals surface area contributed by atoms with Crippen LogP contribution in [-0.4, -0.2) is 11.9 Å². The molecular weight excluding hydrogens is 264 g/mol. The summed E-state index contributed by atoms with van der Waals surface area (Å²) in [5.74, 6) is -2.06. The van der Waals surface area contributed by atoms with E-state index in [0.29, 0.717) is 5.39 Å². The van der Waals surface area contributed by atoms with E-state index in [4.69, 9.17) is 9.15 Å². The first-order valence-electron chi connectivity index (χ1n) is 5.55. The molecule has 2 aromatic rings. The van der Waals surface area contributed by atoms with Gasteiger partial charge in [-0.1, -0.05) is 6.58 Å². The Labute approximate surface area is 112 Å². The Morgan fingerprint density at radius 1 is 1.30 bits per heavy atom. The second kappa shape index (κ2) is 5.00. The molecular formula is C14H9O6-. The van der Waals surface area contributed by atoms with E-state index in [1.165, 1.54) is 25.1 Å². The second-order valence-electron chi connectivity index (χ2n) is 4.10. The largest absolute Gasteiger partial charge is 0.545 e. The third-order valence-corrected chi connectivity index (χ3v) is 2.49. The highest BCUT2D eigenvalue weighted by molar-refractivity contribution is 5.91. The summed E-state index contributed by atoms with van der Waals surface area (Å²) in [6, 6.07) is 5.37. The summed E-state index contributed by atoms with van der Waals surface area (Å²) in [5.41, 5.74) is -1.27. The molecule has 1 heterocycles. The van der Waals surface area contributed by atoms with Crippen molar-refractivity contribution in [1.82, 2.24) is 0 Å². The van der Waals surface area contributed by atoms with Crippen molar-refractivity contribution in [2.75, 3.05) is 0 Å². The lowest BCUT2D eigenvalue weighted by atomic mass is 10.2. The number of carboxylic acids is 1. The maximum Gasteiger partial charge on any atom is 0.345 e. The molecule has 0 atom stereocenters. The van der Waals surface area contributed by atoms with Crippen molar-refractivity contribution in [3.05, 3.63) is 52.4 Å². The van der Waals surface area contributed by atoms with E-state index in [9.17, 15) is 19.5 Å². The summed E-state index contributed by atoms with van der Waals surface area (Å²) in [6.07, 6.45) is 0. The van der Waals surface area contributed by atoms with E-state index >= 15 is 0 Å². The van der Waals surface area contributed by atoms with Crippen LogP contribution in [0.15, 0.2) is 45.6 Å². The lowest BCUT2D eigenvalue weighted by molar-refractivity contribution is -0.255. The molecule has 2 rings (SSSR count). The Bertz CT molecular complexity index is 784. The minimum atomic E-state index is -1.61. The van der Waals surface area contributed by atoms with Gasteiger partial charge in [-0.15, -0.1) is 0 Å². The van der Waals surface area contributed by atoms with Crippen LogP contribution in [0.2, 0.25) is 0 Å². The van der Waals surface area contributed by atoms with Crippen molar-refractivity contribution in [2.24, 2.45) is 0 Å². The standard InChI is InChI=1S/C14H10O6/c1-7(2)13(17)19-9-4-3-8-5-10(12(15)16)14(18)20-11(8)6-9/h3-6H,1H2,2H3,(H,15,16)/p-1. The van der Waals surface area contributed by atoms with E-state index in [2.05, 4.69) is 6.58 Å². The Kier molecular flexibility index (Phi) is 3.39. The molecule has 0 saturated heterocycles. The monoisotopic (exact) mass is 273 g/mol. The number of rotatable bonds is 3. The molecule has 0 N–H and O–H groups in total. The number of ether oxygens (including phenoxy) is 1. The Morgan fingerprint density at radius 2 is 2.00 bits per heavy atom. The molecule has 102 valence electrons. The topological polar surface area (TPSA) is 96.6 Å². The normalized spacial score (nSPS) is 10.2. The van der Waals surface area contributed by atoms with Crippen LogP contribution in [0.5, 0.6) is 5.75 Å². The summed E-state index contributed by atoms with van der Waals surface area (Å²) in [4.78, 5) is 33.5. The predicted molar refractivity (Wildman–Crippen MR) is 67.3 cm³/mol. The first-order valence-corrected chi connectivity index (χ1v) is 5.55. The number of benzene rings is 1. The number of fused-ring (bicyclic) bond motifs is 1. The van der Waals surface area contributed by atoms with Crippen LogP contribution in [0.25, 0.3) is 11.0 Å². The number of carboxylic acid groups (broad SMARTS) is 1. The van der Waals surface area contributed by atoms with Crippen LogP contribution < -0.4 is 15.5 Å². The van der Waals surface area contributed by atoms with Gasteiger partial charge in [0, 0.05) is 17.0 Å². The third-order valence-electron chi connectivity index (χ3n) is 2.49. The summed E-state index contributed by atoms with van der Waals surface area (Å²) < 4.78 is 9.82. The van der Waals surface area contributed by atoms with Crippen molar-refractivity contribution >= 4 is 22.9 Å². The van der Waals surface area contributed by atoms with Gasteiger partial charge in [0.2, 0.25) is 0 Å². The van der Waals surface area contributed by atoms with E-state index in [1.807, 2.05) is 0 Å². The molecule has 1 aromatic carbocycles. The van der Waals surface area contributed by atoms with Crippen LogP contribution in [0.1, 0.15) is 17.3 Å². The van der Waals surface area contributed by atoms with Crippen molar-refractivity contribution in [2.45, 2.75) is 6.92 Å². The van der Waals surface area contributed by atoms with Gasteiger partial charge in [0.1, 0.15) is 11.3 Å². The van der Waals surface area contributed by atoms with Gasteiger partial charge in [-0.25, -0.2) is 9.59 Å². The molecule has 20 heavy (non-hydrogen) atoms. The summed E-state index contributed by atoms with van der Waals surface area (Å²) in [5, 5.41) is 11.1. The summed E-state index contributed by atoms with van der Waals surface area (Å²) in [6.45, 7) is 4.93. The van der Waals surface area contributed by atoms with Gasteiger partial charge in [0.15, 0.2) is 0 Å². The molecule has 0 bridgehead atoms. The zero-order valence-corrected chi connectivity index (χ0v) is 10.5. The zero-order valence-electron chi connectivity index (χ0n) is 10.5. The lowest BCUT2D eigenvalue weighted by Gasteiger charge is -2.06. The number of carbonyl (C=O) groups excluding carboxylic acids is 2. The molecule has 6 heteroatoms. The minimum Gasteiger partial charge on any atom is -0.545 e. The third kappa shape index (κ3) is 2.59. The highest BCUT2D eigenvalue weighted by Gasteiger charge is 2.09. The van der Waals surface area contributed by atoms with E-state index < -0.39 is 23.1 Å². The average Bonchev–Trinajstić information content (AvgIpc) is 2.37. The van der Waals surface area contributed by atoms with Gasteiger partial charge < -0.3 is 19.1 Å². The smallest absolute Gasteiger partial charge is 0.345 e. The molecule has 0 aliphatic heterocycles. The minimum absolute atomic E-state index is 0.104. The van der Waals surface area contributed by atoms with Gasteiger partial charge in [0.25, 0.3) is 0 Å². The molecule has 0 saturated carbocycles. The maximum atomic E-state index is 11.4. The molecule has 0 fully saturated rings. The predicted octanol–water partition coefficient (Wildman–Crippen LogP) is 0.638. The Balaban J connectivity index is 2.48. The average molecular weight is 273 g/mol.